The van der Waals surface area contributed by atoms with Gasteiger partial charge in [-0.05, 0) is 37.5 Å². The molecular weight excluding hydrogens is 264 g/mol. The smallest absolute Gasteiger partial charge is 0.254 e. The van der Waals surface area contributed by atoms with Crippen LogP contribution in [0.15, 0.2) is 18.2 Å². The Balaban J connectivity index is 2.13. The number of amides is 2. The van der Waals surface area contributed by atoms with E-state index in [-0.39, 0.29) is 11.8 Å². The van der Waals surface area contributed by atoms with E-state index in [1.807, 2.05) is 41.8 Å². The molecule has 0 N–H and O–H groups in total. The van der Waals surface area contributed by atoms with Crippen LogP contribution in [0.3, 0.4) is 0 Å². The van der Waals surface area contributed by atoms with E-state index in [9.17, 15) is 9.59 Å². The average molecular weight is 288 g/mol. The van der Waals surface area contributed by atoms with Gasteiger partial charge in [0.1, 0.15) is 0 Å². The highest BCUT2D eigenvalue weighted by Crippen LogP contribution is 2.16. The third-order valence-corrected chi connectivity index (χ3v) is 4.20. The number of hydrogen-bond acceptors (Lipinski definition) is 2. The normalized spacial score (nSPS) is 16.0. The van der Waals surface area contributed by atoms with Crippen LogP contribution in [0.2, 0.25) is 0 Å². The van der Waals surface area contributed by atoms with Gasteiger partial charge in [-0.25, -0.2) is 0 Å². The number of carbonyl (C=O) groups excluding carboxylic acids is 2. The summed E-state index contributed by atoms with van der Waals surface area (Å²) in [7, 11) is 0. The van der Waals surface area contributed by atoms with Crippen molar-refractivity contribution in [1.29, 1.82) is 0 Å². The zero-order valence-corrected chi connectivity index (χ0v) is 13.2. The molecular formula is C17H24N2O2. The van der Waals surface area contributed by atoms with Crippen LogP contribution in [-0.2, 0) is 4.79 Å². The first-order valence-electron chi connectivity index (χ1n) is 7.68. The van der Waals surface area contributed by atoms with Crippen LogP contribution in [0, 0.1) is 13.8 Å². The van der Waals surface area contributed by atoms with E-state index in [0.29, 0.717) is 26.1 Å². The van der Waals surface area contributed by atoms with E-state index in [2.05, 4.69) is 6.92 Å². The van der Waals surface area contributed by atoms with Gasteiger partial charge in [0, 0.05) is 38.2 Å². The van der Waals surface area contributed by atoms with Crippen LogP contribution < -0.4 is 0 Å². The molecule has 0 radical (unpaired) electrons. The van der Waals surface area contributed by atoms with E-state index in [4.69, 9.17) is 0 Å². The summed E-state index contributed by atoms with van der Waals surface area (Å²) < 4.78 is 0. The molecule has 4 nitrogen and oxygen atoms in total. The maximum absolute atomic E-state index is 12.7. The summed E-state index contributed by atoms with van der Waals surface area (Å²) >= 11 is 0. The average Bonchev–Trinajstić information content (AvgIpc) is 2.65. The van der Waals surface area contributed by atoms with Crippen molar-refractivity contribution in [1.82, 2.24) is 9.80 Å². The molecule has 1 fully saturated rings. The highest BCUT2D eigenvalue weighted by Gasteiger charge is 2.24. The van der Waals surface area contributed by atoms with E-state index >= 15 is 0 Å². The summed E-state index contributed by atoms with van der Waals surface area (Å²) in [5.74, 6) is 0.204. The van der Waals surface area contributed by atoms with Crippen LogP contribution in [-0.4, -0.2) is 47.8 Å². The minimum absolute atomic E-state index is 0.0438. The molecule has 21 heavy (non-hydrogen) atoms. The second kappa shape index (κ2) is 6.74. The van der Waals surface area contributed by atoms with Crippen molar-refractivity contribution in [2.75, 3.05) is 26.2 Å². The van der Waals surface area contributed by atoms with Crippen molar-refractivity contribution in [3.63, 3.8) is 0 Å². The summed E-state index contributed by atoms with van der Waals surface area (Å²) in [6, 6.07) is 5.81. The highest BCUT2D eigenvalue weighted by molar-refractivity contribution is 5.96. The molecule has 1 saturated heterocycles. The summed E-state index contributed by atoms with van der Waals surface area (Å²) in [5.41, 5.74) is 2.91. The van der Waals surface area contributed by atoms with Gasteiger partial charge in [0.05, 0.1) is 0 Å². The Morgan fingerprint density at radius 2 is 1.95 bits per heavy atom. The maximum atomic E-state index is 12.7. The molecule has 0 bridgehead atoms. The van der Waals surface area contributed by atoms with Gasteiger partial charge in [0.2, 0.25) is 5.91 Å². The topological polar surface area (TPSA) is 40.6 Å². The van der Waals surface area contributed by atoms with Crippen molar-refractivity contribution in [2.45, 2.75) is 33.6 Å². The van der Waals surface area contributed by atoms with Crippen molar-refractivity contribution in [3.05, 3.63) is 34.9 Å². The lowest BCUT2D eigenvalue weighted by atomic mass is 10.0. The molecule has 0 spiro atoms. The van der Waals surface area contributed by atoms with Crippen LogP contribution in [0.5, 0.6) is 0 Å². The van der Waals surface area contributed by atoms with Gasteiger partial charge in [-0.15, -0.1) is 0 Å². The molecule has 0 aromatic heterocycles. The van der Waals surface area contributed by atoms with Gasteiger partial charge >= 0.3 is 0 Å². The minimum atomic E-state index is 0.0438. The monoisotopic (exact) mass is 288 g/mol. The van der Waals surface area contributed by atoms with Crippen molar-refractivity contribution < 1.29 is 9.59 Å². The zero-order chi connectivity index (χ0) is 15.4. The molecule has 4 heteroatoms. The van der Waals surface area contributed by atoms with Crippen LogP contribution in [0.25, 0.3) is 0 Å². The van der Waals surface area contributed by atoms with Crippen molar-refractivity contribution in [2.24, 2.45) is 0 Å². The van der Waals surface area contributed by atoms with Crippen LogP contribution in [0.4, 0.5) is 0 Å². The van der Waals surface area contributed by atoms with E-state index in [0.717, 1.165) is 29.7 Å². The van der Waals surface area contributed by atoms with Crippen molar-refractivity contribution >= 4 is 11.8 Å². The Kier molecular flexibility index (Phi) is 4.99. The molecule has 0 aliphatic carbocycles. The first-order valence-corrected chi connectivity index (χ1v) is 7.68. The third-order valence-electron chi connectivity index (χ3n) is 4.20. The molecule has 1 heterocycles. The molecule has 0 unspecified atom stereocenters. The highest BCUT2D eigenvalue weighted by atomic mass is 16.2. The number of carbonyl (C=O) groups is 2. The second-order valence-corrected chi connectivity index (χ2v) is 5.67. The van der Waals surface area contributed by atoms with E-state index < -0.39 is 0 Å². The van der Waals surface area contributed by atoms with Gasteiger partial charge in [-0.2, -0.15) is 0 Å². The SMILES string of the molecule is CCCN1CCN(C(=O)c2cccc(C)c2C)CCC1=O. The summed E-state index contributed by atoms with van der Waals surface area (Å²) in [5, 5.41) is 0. The van der Waals surface area contributed by atoms with Crippen LogP contribution >= 0.6 is 0 Å². The quantitative estimate of drug-likeness (QED) is 0.857. The maximum Gasteiger partial charge on any atom is 0.254 e. The molecule has 1 aromatic rings. The first kappa shape index (κ1) is 15.5. The second-order valence-electron chi connectivity index (χ2n) is 5.67. The number of rotatable bonds is 3. The predicted molar refractivity (Wildman–Crippen MR) is 83.3 cm³/mol. The zero-order valence-electron chi connectivity index (χ0n) is 13.2. The third kappa shape index (κ3) is 3.43. The fraction of sp³-hybridized carbons (Fsp3) is 0.529. The standard InChI is InChI=1S/C17H24N2O2/c1-4-9-18-11-12-19(10-8-16(18)20)17(21)15-7-5-6-13(2)14(15)3/h5-7H,4,8-12H2,1-3H3. The predicted octanol–water partition coefficient (Wildman–Crippen LogP) is 2.39. The van der Waals surface area contributed by atoms with Gasteiger partial charge in [-0.1, -0.05) is 19.1 Å². The van der Waals surface area contributed by atoms with Gasteiger partial charge < -0.3 is 9.80 Å². The molecule has 1 aromatic carbocycles. The molecule has 2 rings (SSSR count). The summed E-state index contributed by atoms with van der Waals surface area (Å²) in [6.45, 7) is 8.63. The molecule has 0 saturated carbocycles. The number of benzene rings is 1. The minimum Gasteiger partial charge on any atom is -0.341 e. The summed E-state index contributed by atoms with van der Waals surface area (Å²) in [6.07, 6.45) is 1.38. The fourth-order valence-corrected chi connectivity index (χ4v) is 2.73. The summed E-state index contributed by atoms with van der Waals surface area (Å²) in [4.78, 5) is 28.4. The molecule has 1 aliphatic heterocycles. The Morgan fingerprint density at radius 3 is 2.67 bits per heavy atom. The number of aryl methyl sites for hydroxylation is 1. The van der Waals surface area contributed by atoms with Crippen molar-refractivity contribution in [3.8, 4) is 0 Å². The van der Waals surface area contributed by atoms with Gasteiger partial charge in [0.25, 0.3) is 5.91 Å². The largest absolute Gasteiger partial charge is 0.341 e. The Bertz CT molecular complexity index is 540. The van der Waals surface area contributed by atoms with Gasteiger partial charge in [0.15, 0.2) is 0 Å². The molecule has 2 amide bonds. The van der Waals surface area contributed by atoms with Gasteiger partial charge in [-0.3, -0.25) is 9.59 Å². The first-order chi connectivity index (χ1) is 10.0. The van der Waals surface area contributed by atoms with E-state index in [1.54, 1.807) is 0 Å². The Labute approximate surface area is 126 Å². The lowest BCUT2D eigenvalue weighted by Crippen LogP contribution is -2.36. The van der Waals surface area contributed by atoms with E-state index in [1.165, 1.54) is 0 Å². The molecule has 0 atom stereocenters. The molecule has 114 valence electrons. The Morgan fingerprint density at radius 1 is 1.19 bits per heavy atom. The molecule has 1 aliphatic rings. The number of hydrogen-bond donors (Lipinski definition) is 0. The Hall–Kier alpha value is -1.84. The van der Waals surface area contributed by atoms with Crippen LogP contribution in [0.1, 0.15) is 41.3 Å². The lowest BCUT2D eigenvalue weighted by Gasteiger charge is -2.22. The fourth-order valence-electron chi connectivity index (χ4n) is 2.73. The number of nitrogens with zero attached hydrogens (tertiary/aromatic N) is 2. The lowest BCUT2D eigenvalue weighted by molar-refractivity contribution is -0.130.